The van der Waals surface area contributed by atoms with Crippen LogP contribution < -0.4 is 9.47 Å². The monoisotopic (exact) mass is 353 g/mol. The normalized spacial score (nSPS) is 17.4. The Labute approximate surface area is 131 Å². The topological polar surface area (TPSA) is 21.7 Å². The number of hydrogen-bond donors (Lipinski definition) is 0. The average Bonchev–Trinajstić information content (AvgIpc) is 2.83. The highest BCUT2D eigenvalue weighted by Gasteiger charge is 2.21. The molecule has 0 amide bonds. The van der Waals surface area contributed by atoms with Crippen LogP contribution in [0.15, 0.2) is 40.2 Å². The van der Waals surface area contributed by atoms with E-state index >= 15 is 0 Å². The fourth-order valence-corrected chi connectivity index (χ4v) is 3.83. The van der Waals surface area contributed by atoms with Crippen LogP contribution in [-0.4, -0.2) is 31.2 Å². The van der Waals surface area contributed by atoms with E-state index in [1.54, 1.807) is 11.3 Å². The highest BCUT2D eigenvalue weighted by molar-refractivity contribution is 9.11. The molecule has 0 fully saturated rings. The summed E-state index contributed by atoms with van der Waals surface area (Å²) in [4.78, 5) is 3.61. The van der Waals surface area contributed by atoms with Crippen LogP contribution in [0.3, 0.4) is 0 Å². The zero-order valence-corrected chi connectivity index (χ0v) is 13.6. The van der Waals surface area contributed by atoms with Crippen molar-refractivity contribution in [2.45, 2.75) is 12.6 Å². The van der Waals surface area contributed by atoms with Crippen molar-refractivity contribution in [1.82, 2.24) is 4.90 Å². The van der Waals surface area contributed by atoms with Crippen LogP contribution in [0.5, 0.6) is 11.5 Å². The smallest absolute Gasteiger partial charge is 0.161 e. The summed E-state index contributed by atoms with van der Waals surface area (Å²) in [6, 6.07) is 12.1. The maximum absolute atomic E-state index is 5.97. The summed E-state index contributed by atoms with van der Waals surface area (Å²) < 4.78 is 12.9. The molecule has 0 N–H and O–H groups in total. The van der Waals surface area contributed by atoms with E-state index in [0.29, 0.717) is 6.61 Å². The molecule has 1 atom stereocenters. The Morgan fingerprint density at radius 1 is 1.25 bits per heavy atom. The van der Waals surface area contributed by atoms with Crippen molar-refractivity contribution < 1.29 is 9.47 Å². The van der Waals surface area contributed by atoms with E-state index in [9.17, 15) is 0 Å². The zero-order valence-electron chi connectivity index (χ0n) is 11.2. The van der Waals surface area contributed by atoms with Crippen molar-refractivity contribution >= 4 is 27.3 Å². The fourth-order valence-electron chi connectivity index (χ4n) is 2.27. The third kappa shape index (κ3) is 3.34. The van der Waals surface area contributed by atoms with Crippen molar-refractivity contribution in [3.05, 3.63) is 45.1 Å². The first-order chi connectivity index (χ1) is 9.70. The van der Waals surface area contributed by atoms with E-state index < -0.39 is 0 Å². The molecule has 1 aromatic heterocycles. The summed E-state index contributed by atoms with van der Waals surface area (Å²) in [5.41, 5.74) is 0. The molecule has 2 heterocycles. The number of likely N-dealkylation sites (N-methyl/N-ethyl adjacent to an activating group) is 1. The van der Waals surface area contributed by atoms with Crippen LogP contribution in [-0.2, 0) is 6.54 Å². The summed E-state index contributed by atoms with van der Waals surface area (Å²) >= 11 is 5.26. The van der Waals surface area contributed by atoms with Crippen molar-refractivity contribution in [3.8, 4) is 11.5 Å². The Balaban J connectivity index is 1.56. The van der Waals surface area contributed by atoms with Crippen LogP contribution in [0.1, 0.15) is 4.88 Å². The van der Waals surface area contributed by atoms with Gasteiger partial charge in [0.25, 0.3) is 0 Å². The maximum atomic E-state index is 5.97. The minimum atomic E-state index is 0.0818. The van der Waals surface area contributed by atoms with Crippen molar-refractivity contribution in [3.63, 3.8) is 0 Å². The molecule has 0 aliphatic carbocycles. The molecule has 5 heteroatoms. The van der Waals surface area contributed by atoms with E-state index in [1.165, 1.54) is 8.66 Å². The van der Waals surface area contributed by atoms with Gasteiger partial charge >= 0.3 is 0 Å². The molecule has 0 radical (unpaired) electrons. The lowest BCUT2D eigenvalue weighted by Crippen LogP contribution is -2.39. The number of hydrogen-bond acceptors (Lipinski definition) is 4. The van der Waals surface area contributed by atoms with Gasteiger partial charge in [-0.3, -0.25) is 4.90 Å². The first-order valence-electron chi connectivity index (χ1n) is 6.52. The first-order valence-corrected chi connectivity index (χ1v) is 8.13. The number of fused-ring (bicyclic) bond motifs is 1. The minimum absolute atomic E-state index is 0.0818. The molecule has 0 saturated heterocycles. The van der Waals surface area contributed by atoms with Gasteiger partial charge in [0.15, 0.2) is 11.5 Å². The Bertz CT molecular complexity index is 587. The molecule has 0 spiro atoms. The van der Waals surface area contributed by atoms with Crippen LogP contribution >= 0.6 is 27.3 Å². The second kappa shape index (κ2) is 6.16. The number of rotatable bonds is 4. The molecule has 1 aliphatic heterocycles. The second-order valence-corrected chi connectivity index (χ2v) is 7.45. The Morgan fingerprint density at radius 3 is 2.80 bits per heavy atom. The van der Waals surface area contributed by atoms with E-state index in [4.69, 9.17) is 9.47 Å². The number of thiophene rings is 1. The molecular weight excluding hydrogens is 338 g/mol. The van der Waals surface area contributed by atoms with Crippen molar-refractivity contribution in [2.75, 3.05) is 20.2 Å². The Hall–Kier alpha value is -1.04. The number of para-hydroxylation sites is 2. The minimum Gasteiger partial charge on any atom is -0.486 e. The molecular formula is C15H16BrNO2S. The SMILES string of the molecule is CN(Cc1ccc(Br)s1)CC1COc2ccccc2O1. The molecule has 1 aliphatic rings. The van der Waals surface area contributed by atoms with Gasteiger partial charge in [0.2, 0.25) is 0 Å². The number of nitrogens with zero attached hydrogens (tertiary/aromatic N) is 1. The van der Waals surface area contributed by atoms with Crippen molar-refractivity contribution in [1.29, 1.82) is 0 Å². The predicted molar refractivity (Wildman–Crippen MR) is 84.7 cm³/mol. The van der Waals surface area contributed by atoms with Crippen molar-refractivity contribution in [2.24, 2.45) is 0 Å². The summed E-state index contributed by atoms with van der Waals surface area (Å²) in [7, 11) is 2.11. The fraction of sp³-hybridized carbons (Fsp3) is 0.333. The molecule has 0 saturated carbocycles. The molecule has 1 aromatic carbocycles. The standard InChI is InChI=1S/C15H16BrNO2S/c1-17(9-12-6-7-15(16)20-12)8-11-10-18-13-4-2-3-5-14(13)19-11/h2-7,11H,8-10H2,1H3. The molecule has 3 nitrogen and oxygen atoms in total. The van der Waals surface area contributed by atoms with E-state index in [0.717, 1.165) is 24.6 Å². The zero-order chi connectivity index (χ0) is 13.9. The third-order valence-corrected chi connectivity index (χ3v) is 4.75. The van der Waals surface area contributed by atoms with Gasteiger partial charge in [-0.1, -0.05) is 12.1 Å². The quantitative estimate of drug-likeness (QED) is 0.834. The van der Waals surface area contributed by atoms with Gasteiger partial charge in [-0.2, -0.15) is 0 Å². The Morgan fingerprint density at radius 2 is 2.05 bits per heavy atom. The number of ether oxygens (including phenoxy) is 2. The van der Waals surface area contributed by atoms with Gasteiger partial charge in [-0.25, -0.2) is 0 Å². The van der Waals surface area contributed by atoms with Gasteiger partial charge in [-0.15, -0.1) is 11.3 Å². The van der Waals surface area contributed by atoms with Gasteiger partial charge in [0.05, 0.1) is 3.79 Å². The van der Waals surface area contributed by atoms with Crippen LogP contribution in [0.4, 0.5) is 0 Å². The number of halogens is 1. The van der Waals surface area contributed by atoms with E-state index in [1.807, 2.05) is 24.3 Å². The van der Waals surface area contributed by atoms with Gasteiger partial charge in [-0.05, 0) is 47.2 Å². The third-order valence-electron chi connectivity index (χ3n) is 3.14. The van der Waals surface area contributed by atoms with Gasteiger partial charge in [0.1, 0.15) is 12.7 Å². The summed E-state index contributed by atoms with van der Waals surface area (Å²) in [5, 5.41) is 0. The lowest BCUT2D eigenvalue weighted by Gasteiger charge is -2.29. The van der Waals surface area contributed by atoms with E-state index in [-0.39, 0.29) is 6.10 Å². The van der Waals surface area contributed by atoms with Crippen LogP contribution in [0.2, 0.25) is 0 Å². The maximum Gasteiger partial charge on any atom is 0.161 e. The largest absolute Gasteiger partial charge is 0.486 e. The highest BCUT2D eigenvalue weighted by Crippen LogP contribution is 2.31. The van der Waals surface area contributed by atoms with Gasteiger partial charge < -0.3 is 9.47 Å². The van der Waals surface area contributed by atoms with Crippen LogP contribution in [0, 0.1) is 0 Å². The van der Waals surface area contributed by atoms with Gasteiger partial charge in [0, 0.05) is 18.0 Å². The highest BCUT2D eigenvalue weighted by atomic mass is 79.9. The molecule has 106 valence electrons. The lowest BCUT2D eigenvalue weighted by molar-refractivity contribution is 0.0640. The Kier molecular flexibility index (Phi) is 4.29. The first kappa shape index (κ1) is 13.9. The molecule has 0 bridgehead atoms. The second-order valence-electron chi connectivity index (χ2n) is 4.90. The molecule has 20 heavy (non-hydrogen) atoms. The molecule has 3 rings (SSSR count). The molecule has 2 aromatic rings. The molecule has 1 unspecified atom stereocenters. The van der Waals surface area contributed by atoms with Crippen LogP contribution in [0.25, 0.3) is 0 Å². The predicted octanol–water partition coefficient (Wildman–Crippen LogP) is 3.78. The summed E-state index contributed by atoms with van der Waals surface area (Å²) in [6.45, 7) is 2.39. The summed E-state index contributed by atoms with van der Waals surface area (Å²) in [5.74, 6) is 1.68. The average molecular weight is 354 g/mol. The number of benzene rings is 1. The summed E-state index contributed by atoms with van der Waals surface area (Å²) in [6.07, 6.45) is 0.0818. The lowest BCUT2D eigenvalue weighted by atomic mass is 10.2. The van der Waals surface area contributed by atoms with E-state index in [2.05, 4.69) is 40.0 Å².